The molecule has 110 valence electrons. The van der Waals surface area contributed by atoms with Gasteiger partial charge in [-0.1, -0.05) is 20.8 Å². The van der Waals surface area contributed by atoms with E-state index in [4.69, 9.17) is 11.6 Å². The fourth-order valence-corrected chi connectivity index (χ4v) is 2.44. The molecule has 0 radical (unpaired) electrons. The van der Waals surface area contributed by atoms with Crippen LogP contribution in [0.5, 0.6) is 0 Å². The van der Waals surface area contributed by atoms with Gasteiger partial charge in [-0.2, -0.15) is 0 Å². The Morgan fingerprint density at radius 1 is 1.30 bits per heavy atom. The second kappa shape index (κ2) is 5.72. The van der Waals surface area contributed by atoms with Crippen LogP contribution in [-0.2, 0) is 13.0 Å². The van der Waals surface area contributed by atoms with Crippen LogP contribution in [0.2, 0.25) is 0 Å². The first-order valence-corrected chi connectivity index (χ1v) is 7.56. The first-order chi connectivity index (χ1) is 9.31. The van der Waals surface area contributed by atoms with E-state index >= 15 is 0 Å². The lowest BCUT2D eigenvalue weighted by Gasteiger charge is -2.19. The molecule has 20 heavy (non-hydrogen) atoms. The van der Waals surface area contributed by atoms with Crippen molar-refractivity contribution in [3.63, 3.8) is 0 Å². The fraction of sp³-hybridized carbons (Fsp3) is 0.562. The topological polar surface area (TPSA) is 17.8 Å². The van der Waals surface area contributed by atoms with Crippen LogP contribution in [0.1, 0.15) is 38.6 Å². The highest BCUT2D eigenvalue weighted by molar-refractivity contribution is 6.17. The number of imidazole rings is 1. The maximum atomic E-state index is 13.7. The normalized spacial score (nSPS) is 12.3. The Bertz CT molecular complexity index is 611. The molecule has 2 aromatic rings. The van der Waals surface area contributed by atoms with Crippen molar-refractivity contribution in [3.8, 4) is 0 Å². The summed E-state index contributed by atoms with van der Waals surface area (Å²) in [5.74, 6) is 1.28. The summed E-state index contributed by atoms with van der Waals surface area (Å²) in [7, 11) is 0. The summed E-state index contributed by atoms with van der Waals surface area (Å²) in [6, 6.07) is 3.41. The minimum atomic E-state index is -0.199. The van der Waals surface area contributed by atoms with Gasteiger partial charge in [0.05, 0.1) is 11.0 Å². The Morgan fingerprint density at radius 2 is 2.00 bits per heavy atom. The molecule has 2 rings (SSSR count). The molecule has 0 atom stereocenters. The molecular formula is C16H22ClFN2. The third kappa shape index (κ3) is 3.32. The lowest BCUT2D eigenvalue weighted by molar-refractivity contribution is 0.350. The van der Waals surface area contributed by atoms with Crippen molar-refractivity contribution in [2.45, 2.75) is 47.1 Å². The summed E-state index contributed by atoms with van der Waals surface area (Å²) in [5.41, 5.74) is 2.64. The average molecular weight is 297 g/mol. The number of hydrogen-bond acceptors (Lipinski definition) is 1. The van der Waals surface area contributed by atoms with Gasteiger partial charge in [-0.05, 0) is 30.4 Å². The summed E-state index contributed by atoms with van der Waals surface area (Å²) in [4.78, 5) is 4.54. The van der Waals surface area contributed by atoms with Gasteiger partial charge in [-0.3, -0.25) is 0 Å². The highest BCUT2D eigenvalue weighted by Gasteiger charge is 2.16. The van der Waals surface area contributed by atoms with E-state index in [0.717, 1.165) is 29.8 Å². The van der Waals surface area contributed by atoms with Crippen LogP contribution in [0.15, 0.2) is 12.1 Å². The number of aryl methyl sites for hydroxylation is 3. The van der Waals surface area contributed by atoms with Crippen LogP contribution in [0.3, 0.4) is 0 Å². The van der Waals surface area contributed by atoms with E-state index < -0.39 is 0 Å². The van der Waals surface area contributed by atoms with Crippen LogP contribution in [-0.4, -0.2) is 15.4 Å². The first kappa shape index (κ1) is 15.3. The zero-order valence-corrected chi connectivity index (χ0v) is 13.4. The van der Waals surface area contributed by atoms with Crippen molar-refractivity contribution < 1.29 is 4.39 Å². The Hall–Kier alpha value is -1.09. The summed E-state index contributed by atoms with van der Waals surface area (Å²) >= 11 is 5.86. The van der Waals surface area contributed by atoms with Gasteiger partial charge in [-0.25, -0.2) is 9.37 Å². The molecule has 1 aromatic carbocycles. The Balaban J connectivity index is 2.47. The summed E-state index contributed by atoms with van der Waals surface area (Å²) in [6.45, 7) is 9.34. The average Bonchev–Trinajstić information content (AvgIpc) is 2.64. The number of nitrogens with zero attached hydrogens (tertiary/aromatic N) is 2. The molecule has 0 saturated carbocycles. The lowest BCUT2D eigenvalue weighted by atomic mass is 9.92. The van der Waals surface area contributed by atoms with E-state index in [0.29, 0.717) is 17.9 Å². The largest absolute Gasteiger partial charge is 0.328 e. The maximum absolute atomic E-state index is 13.7. The third-order valence-corrected chi connectivity index (χ3v) is 3.70. The molecular weight excluding hydrogens is 275 g/mol. The van der Waals surface area contributed by atoms with Crippen LogP contribution in [0, 0.1) is 18.2 Å². The molecule has 0 saturated heterocycles. The van der Waals surface area contributed by atoms with E-state index in [1.54, 1.807) is 6.92 Å². The second-order valence-corrected chi connectivity index (χ2v) is 6.90. The Morgan fingerprint density at radius 3 is 2.60 bits per heavy atom. The maximum Gasteiger partial charge on any atom is 0.128 e. The molecule has 1 heterocycles. The molecule has 0 bridgehead atoms. The predicted molar refractivity (Wildman–Crippen MR) is 82.9 cm³/mol. The lowest BCUT2D eigenvalue weighted by Crippen LogP contribution is -2.12. The van der Waals surface area contributed by atoms with Gasteiger partial charge in [-0.15, -0.1) is 11.6 Å². The highest BCUT2D eigenvalue weighted by Crippen LogP contribution is 2.25. The van der Waals surface area contributed by atoms with Crippen LogP contribution in [0.4, 0.5) is 4.39 Å². The van der Waals surface area contributed by atoms with Gasteiger partial charge in [0.15, 0.2) is 0 Å². The smallest absolute Gasteiger partial charge is 0.128 e. The van der Waals surface area contributed by atoms with Crippen molar-refractivity contribution in [3.05, 3.63) is 29.3 Å². The standard InChI is InChI=1S/C16H22ClFN2/c1-11-9-14-13(10-12(11)18)19-15(5-7-17)20(14)8-6-16(2,3)4/h9-10H,5-8H2,1-4H3. The van der Waals surface area contributed by atoms with Crippen molar-refractivity contribution in [2.75, 3.05) is 5.88 Å². The zero-order valence-electron chi connectivity index (χ0n) is 12.6. The van der Waals surface area contributed by atoms with E-state index in [1.165, 1.54) is 6.07 Å². The number of benzene rings is 1. The van der Waals surface area contributed by atoms with Crippen molar-refractivity contribution in [2.24, 2.45) is 5.41 Å². The molecule has 0 fully saturated rings. The number of fused-ring (bicyclic) bond motifs is 1. The molecule has 0 N–H and O–H groups in total. The third-order valence-electron chi connectivity index (χ3n) is 3.51. The molecule has 4 heteroatoms. The molecule has 0 aliphatic heterocycles. The van der Waals surface area contributed by atoms with Crippen molar-refractivity contribution in [1.82, 2.24) is 9.55 Å². The zero-order chi connectivity index (χ0) is 14.9. The molecule has 0 amide bonds. The Kier molecular flexibility index (Phi) is 4.38. The van der Waals surface area contributed by atoms with Crippen molar-refractivity contribution in [1.29, 1.82) is 0 Å². The van der Waals surface area contributed by atoms with Gasteiger partial charge < -0.3 is 4.57 Å². The van der Waals surface area contributed by atoms with Gasteiger partial charge >= 0.3 is 0 Å². The number of hydrogen-bond donors (Lipinski definition) is 0. The van der Waals surface area contributed by atoms with Crippen LogP contribution in [0.25, 0.3) is 11.0 Å². The van der Waals surface area contributed by atoms with E-state index in [1.807, 2.05) is 6.07 Å². The Labute approximate surface area is 125 Å². The van der Waals surface area contributed by atoms with Gasteiger partial charge in [0, 0.05) is 24.9 Å². The van der Waals surface area contributed by atoms with Crippen LogP contribution >= 0.6 is 11.6 Å². The van der Waals surface area contributed by atoms with Crippen molar-refractivity contribution >= 4 is 22.6 Å². The minimum Gasteiger partial charge on any atom is -0.328 e. The quantitative estimate of drug-likeness (QED) is 0.748. The molecule has 0 spiro atoms. The molecule has 0 aliphatic rings. The summed E-state index contributed by atoms with van der Waals surface area (Å²) in [6.07, 6.45) is 1.76. The van der Waals surface area contributed by atoms with E-state index in [-0.39, 0.29) is 11.2 Å². The number of halogens is 2. The SMILES string of the molecule is Cc1cc2c(cc1F)nc(CCCl)n2CCC(C)(C)C. The second-order valence-electron chi connectivity index (χ2n) is 6.52. The number of alkyl halides is 1. The number of aromatic nitrogens is 2. The van der Waals surface area contributed by atoms with Gasteiger partial charge in [0.1, 0.15) is 11.6 Å². The summed E-state index contributed by atoms with van der Waals surface area (Å²) in [5, 5.41) is 0. The molecule has 1 aromatic heterocycles. The van der Waals surface area contributed by atoms with Gasteiger partial charge in [0.25, 0.3) is 0 Å². The summed E-state index contributed by atoms with van der Waals surface area (Å²) < 4.78 is 15.9. The van der Waals surface area contributed by atoms with E-state index in [9.17, 15) is 4.39 Å². The monoisotopic (exact) mass is 296 g/mol. The predicted octanol–water partition coefficient (Wildman–Crippen LogP) is 4.70. The van der Waals surface area contributed by atoms with Gasteiger partial charge in [0.2, 0.25) is 0 Å². The van der Waals surface area contributed by atoms with E-state index in [2.05, 4.69) is 30.3 Å². The molecule has 0 unspecified atom stereocenters. The molecule has 0 aliphatic carbocycles. The highest BCUT2D eigenvalue weighted by atomic mass is 35.5. The minimum absolute atomic E-state index is 0.199. The first-order valence-electron chi connectivity index (χ1n) is 7.03. The van der Waals surface area contributed by atoms with Crippen LogP contribution < -0.4 is 0 Å². The fourth-order valence-electron chi connectivity index (χ4n) is 2.27. The number of rotatable bonds is 4. The molecule has 2 nitrogen and oxygen atoms in total.